The Balaban J connectivity index is 2.07. The summed E-state index contributed by atoms with van der Waals surface area (Å²) in [5.41, 5.74) is 1.08. The first kappa shape index (κ1) is 13.6. The Kier molecular flexibility index (Phi) is 3.88. The van der Waals surface area contributed by atoms with Gasteiger partial charge in [-0.2, -0.15) is 0 Å². The number of carbonyl (C=O) groups excluding carboxylic acids is 2. The lowest BCUT2D eigenvalue weighted by Crippen LogP contribution is -2.29. The number of likely N-dealkylation sites (tertiary alicyclic amines) is 1. The van der Waals surface area contributed by atoms with E-state index in [0.29, 0.717) is 13.0 Å². The largest absolute Gasteiger partial charge is 0.491 e. The Labute approximate surface area is 113 Å². The van der Waals surface area contributed by atoms with E-state index in [4.69, 9.17) is 4.74 Å². The molecule has 0 aromatic heterocycles. The molecule has 0 unspecified atom stereocenters. The highest BCUT2D eigenvalue weighted by atomic mass is 16.5. The van der Waals surface area contributed by atoms with Crippen LogP contribution in [-0.2, 0) is 9.59 Å². The predicted molar refractivity (Wildman–Crippen MR) is 72.0 cm³/mol. The Morgan fingerprint density at radius 3 is 2.42 bits per heavy atom. The second kappa shape index (κ2) is 5.43. The van der Waals surface area contributed by atoms with Crippen LogP contribution in [0, 0.1) is 0 Å². The van der Waals surface area contributed by atoms with Crippen LogP contribution in [0.2, 0.25) is 0 Å². The molecule has 0 aliphatic carbocycles. The summed E-state index contributed by atoms with van der Waals surface area (Å²) in [7, 11) is 0. The van der Waals surface area contributed by atoms with Crippen molar-refractivity contribution in [2.24, 2.45) is 0 Å². The first-order valence-corrected chi connectivity index (χ1v) is 6.55. The maximum Gasteiger partial charge on any atom is 0.229 e. The lowest BCUT2D eigenvalue weighted by molar-refractivity contribution is -0.140. The van der Waals surface area contributed by atoms with E-state index >= 15 is 0 Å². The highest BCUT2D eigenvalue weighted by Crippen LogP contribution is 2.29. The maximum absolute atomic E-state index is 11.7. The molecule has 0 bridgehead atoms. The Morgan fingerprint density at radius 1 is 1.32 bits per heavy atom. The van der Waals surface area contributed by atoms with Gasteiger partial charge in [-0.3, -0.25) is 14.5 Å². The van der Waals surface area contributed by atoms with Crippen molar-refractivity contribution in [2.75, 3.05) is 6.54 Å². The number of ether oxygens (including phenoxy) is 1. The van der Waals surface area contributed by atoms with E-state index in [1.54, 1.807) is 0 Å². The molecule has 1 aromatic rings. The van der Waals surface area contributed by atoms with Crippen molar-refractivity contribution < 1.29 is 14.3 Å². The van der Waals surface area contributed by atoms with Gasteiger partial charge in [-0.05, 0) is 31.5 Å². The standard InChI is InChI=1S/C15H19NO3/c1-10(2)19-14-6-4-12(5-7-14)13-8-15(18)16(9-13)11(3)17/h4-7,10,13H,8-9H2,1-3H3/t13-/m0/s1. The fourth-order valence-electron chi connectivity index (χ4n) is 2.33. The van der Waals surface area contributed by atoms with Crippen LogP contribution < -0.4 is 4.74 Å². The van der Waals surface area contributed by atoms with E-state index in [9.17, 15) is 9.59 Å². The third-order valence-electron chi connectivity index (χ3n) is 3.23. The van der Waals surface area contributed by atoms with Crippen molar-refractivity contribution >= 4 is 11.8 Å². The summed E-state index contributed by atoms with van der Waals surface area (Å²) in [6.07, 6.45) is 0.552. The zero-order valence-electron chi connectivity index (χ0n) is 11.6. The molecule has 1 fully saturated rings. The molecule has 0 radical (unpaired) electrons. The number of rotatable bonds is 3. The minimum atomic E-state index is -0.174. The van der Waals surface area contributed by atoms with Gasteiger partial charge >= 0.3 is 0 Å². The Hall–Kier alpha value is -1.84. The third kappa shape index (κ3) is 3.13. The minimum absolute atomic E-state index is 0.0833. The lowest BCUT2D eigenvalue weighted by Gasteiger charge is -2.14. The van der Waals surface area contributed by atoms with Crippen LogP contribution in [0.25, 0.3) is 0 Å². The fraction of sp³-hybridized carbons (Fsp3) is 0.467. The first-order chi connectivity index (χ1) is 8.97. The SMILES string of the molecule is CC(=O)N1C[C@@H](c2ccc(OC(C)C)cc2)CC1=O. The predicted octanol–water partition coefficient (Wildman–Crippen LogP) is 2.34. The molecular formula is C15H19NO3. The van der Waals surface area contributed by atoms with Gasteiger partial charge < -0.3 is 4.74 Å². The average Bonchev–Trinajstić information content (AvgIpc) is 2.71. The van der Waals surface area contributed by atoms with E-state index in [1.807, 2.05) is 38.1 Å². The average molecular weight is 261 g/mol. The summed E-state index contributed by atoms with van der Waals surface area (Å²) in [5, 5.41) is 0. The summed E-state index contributed by atoms with van der Waals surface area (Å²) >= 11 is 0. The first-order valence-electron chi connectivity index (χ1n) is 6.55. The topological polar surface area (TPSA) is 46.6 Å². The molecule has 1 aliphatic rings. The monoisotopic (exact) mass is 261 g/mol. The van der Waals surface area contributed by atoms with Crippen molar-refractivity contribution in [1.82, 2.24) is 4.90 Å². The molecule has 4 heteroatoms. The second-order valence-electron chi connectivity index (χ2n) is 5.16. The van der Waals surface area contributed by atoms with Crippen LogP contribution in [0.15, 0.2) is 24.3 Å². The number of hydrogen-bond acceptors (Lipinski definition) is 3. The summed E-state index contributed by atoms with van der Waals surface area (Å²) < 4.78 is 5.58. The Bertz CT molecular complexity index is 479. The highest BCUT2D eigenvalue weighted by molar-refractivity contribution is 5.96. The van der Waals surface area contributed by atoms with Gasteiger partial charge in [0.2, 0.25) is 11.8 Å². The molecule has 1 aromatic carbocycles. The molecule has 19 heavy (non-hydrogen) atoms. The minimum Gasteiger partial charge on any atom is -0.491 e. The number of nitrogens with zero attached hydrogens (tertiary/aromatic N) is 1. The van der Waals surface area contributed by atoms with Gasteiger partial charge in [-0.1, -0.05) is 12.1 Å². The van der Waals surface area contributed by atoms with E-state index in [2.05, 4.69) is 0 Å². The summed E-state index contributed by atoms with van der Waals surface area (Å²) in [5.74, 6) is 0.670. The van der Waals surface area contributed by atoms with Crippen LogP contribution in [-0.4, -0.2) is 29.4 Å². The number of imide groups is 1. The van der Waals surface area contributed by atoms with Crippen LogP contribution >= 0.6 is 0 Å². The molecule has 4 nitrogen and oxygen atoms in total. The molecule has 1 atom stereocenters. The fourth-order valence-corrected chi connectivity index (χ4v) is 2.33. The molecule has 0 saturated carbocycles. The van der Waals surface area contributed by atoms with Crippen molar-refractivity contribution in [1.29, 1.82) is 0 Å². The van der Waals surface area contributed by atoms with Crippen LogP contribution in [0.4, 0.5) is 0 Å². The molecule has 1 aliphatic heterocycles. The number of hydrogen-bond donors (Lipinski definition) is 0. The van der Waals surface area contributed by atoms with E-state index in [-0.39, 0.29) is 23.8 Å². The molecule has 102 valence electrons. The quantitative estimate of drug-likeness (QED) is 0.839. The zero-order valence-corrected chi connectivity index (χ0v) is 11.6. The summed E-state index contributed by atoms with van der Waals surface area (Å²) in [6.45, 7) is 5.88. The Morgan fingerprint density at radius 2 is 1.95 bits per heavy atom. The van der Waals surface area contributed by atoms with Crippen LogP contribution in [0.3, 0.4) is 0 Å². The van der Waals surface area contributed by atoms with Crippen molar-refractivity contribution in [3.05, 3.63) is 29.8 Å². The van der Waals surface area contributed by atoms with Crippen molar-refractivity contribution in [3.63, 3.8) is 0 Å². The van der Waals surface area contributed by atoms with Crippen LogP contribution in [0.1, 0.15) is 38.7 Å². The normalized spacial score (nSPS) is 19.1. The third-order valence-corrected chi connectivity index (χ3v) is 3.23. The maximum atomic E-state index is 11.7. The number of amides is 2. The lowest BCUT2D eigenvalue weighted by atomic mass is 9.98. The molecular weight excluding hydrogens is 242 g/mol. The van der Waals surface area contributed by atoms with Gasteiger partial charge in [0.25, 0.3) is 0 Å². The van der Waals surface area contributed by atoms with Gasteiger partial charge in [-0.15, -0.1) is 0 Å². The zero-order chi connectivity index (χ0) is 14.0. The molecule has 1 heterocycles. The van der Waals surface area contributed by atoms with Gasteiger partial charge in [0.1, 0.15) is 5.75 Å². The summed E-state index contributed by atoms with van der Waals surface area (Å²) in [6, 6.07) is 7.77. The van der Waals surface area contributed by atoms with Gasteiger partial charge in [0.15, 0.2) is 0 Å². The molecule has 1 saturated heterocycles. The van der Waals surface area contributed by atoms with E-state index in [0.717, 1.165) is 11.3 Å². The molecule has 2 amide bonds. The van der Waals surface area contributed by atoms with Gasteiger partial charge in [0, 0.05) is 25.8 Å². The molecule has 2 rings (SSSR count). The summed E-state index contributed by atoms with van der Waals surface area (Å²) in [4.78, 5) is 24.3. The van der Waals surface area contributed by atoms with Crippen LogP contribution in [0.5, 0.6) is 5.75 Å². The molecule has 0 N–H and O–H groups in total. The number of benzene rings is 1. The van der Waals surface area contributed by atoms with E-state index < -0.39 is 0 Å². The highest BCUT2D eigenvalue weighted by Gasteiger charge is 2.32. The number of carbonyl (C=O) groups is 2. The van der Waals surface area contributed by atoms with E-state index in [1.165, 1.54) is 11.8 Å². The second-order valence-corrected chi connectivity index (χ2v) is 5.16. The molecule has 0 spiro atoms. The van der Waals surface area contributed by atoms with Crippen molar-refractivity contribution in [2.45, 2.75) is 39.2 Å². The van der Waals surface area contributed by atoms with Gasteiger partial charge in [-0.25, -0.2) is 0 Å². The van der Waals surface area contributed by atoms with Crippen molar-refractivity contribution in [3.8, 4) is 5.75 Å². The van der Waals surface area contributed by atoms with Gasteiger partial charge in [0.05, 0.1) is 6.10 Å². The smallest absolute Gasteiger partial charge is 0.229 e.